The minimum atomic E-state index is -0.499. The molecule has 0 spiro atoms. The van der Waals surface area contributed by atoms with E-state index in [9.17, 15) is 14.4 Å². The van der Waals surface area contributed by atoms with E-state index in [-0.39, 0.29) is 12.6 Å². The first-order valence-corrected chi connectivity index (χ1v) is 10.6. The van der Waals surface area contributed by atoms with Crippen LogP contribution in [0.15, 0.2) is 30.3 Å². The Balaban J connectivity index is 1.82. The molecule has 0 unspecified atom stereocenters. The van der Waals surface area contributed by atoms with Crippen LogP contribution >= 0.6 is 11.3 Å². The van der Waals surface area contributed by atoms with Crippen molar-refractivity contribution in [2.24, 2.45) is 0 Å². The Morgan fingerprint density at radius 3 is 2.38 bits per heavy atom. The molecule has 2 rings (SSSR count). The molecule has 0 atom stereocenters. The number of benzene rings is 1. The number of nitrogens with one attached hydrogen (secondary N) is 1. The van der Waals surface area contributed by atoms with E-state index in [2.05, 4.69) is 12.2 Å². The van der Waals surface area contributed by atoms with Crippen molar-refractivity contribution in [2.45, 2.75) is 46.5 Å². The molecule has 2 aromatic rings. The van der Waals surface area contributed by atoms with Crippen molar-refractivity contribution in [1.82, 2.24) is 0 Å². The van der Waals surface area contributed by atoms with Crippen LogP contribution in [0.2, 0.25) is 0 Å². The molecule has 0 saturated heterocycles. The minimum absolute atomic E-state index is 0.375. The van der Waals surface area contributed by atoms with E-state index in [0.29, 0.717) is 22.7 Å². The van der Waals surface area contributed by atoms with Crippen LogP contribution in [0.4, 0.5) is 5.69 Å². The first-order valence-electron chi connectivity index (χ1n) is 9.78. The number of anilines is 1. The lowest BCUT2D eigenvalue weighted by molar-refractivity contribution is -0.119. The number of unbranched alkanes of at least 4 members (excludes halogenated alkanes) is 1. The molecular weight excluding hydrogens is 390 g/mol. The summed E-state index contributed by atoms with van der Waals surface area (Å²) < 4.78 is 10.2. The topological polar surface area (TPSA) is 81.7 Å². The molecule has 1 N–H and O–H groups in total. The van der Waals surface area contributed by atoms with Crippen molar-refractivity contribution in [3.8, 4) is 0 Å². The van der Waals surface area contributed by atoms with Gasteiger partial charge in [-0.15, -0.1) is 11.3 Å². The van der Waals surface area contributed by atoms with E-state index in [0.717, 1.165) is 36.1 Å². The molecule has 0 aliphatic heterocycles. The van der Waals surface area contributed by atoms with Gasteiger partial charge in [-0.3, -0.25) is 4.79 Å². The lowest BCUT2D eigenvalue weighted by Gasteiger charge is -2.07. The highest BCUT2D eigenvalue weighted by Crippen LogP contribution is 2.23. The van der Waals surface area contributed by atoms with Crippen molar-refractivity contribution in [3.05, 3.63) is 51.2 Å². The number of aryl methyl sites for hydroxylation is 2. The maximum Gasteiger partial charge on any atom is 0.348 e. The molecule has 1 aromatic heterocycles. The van der Waals surface area contributed by atoms with E-state index in [4.69, 9.17) is 9.47 Å². The van der Waals surface area contributed by atoms with Crippen LogP contribution in [0, 0.1) is 6.92 Å². The van der Waals surface area contributed by atoms with Crippen molar-refractivity contribution < 1.29 is 23.9 Å². The van der Waals surface area contributed by atoms with Gasteiger partial charge in [0, 0.05) is 10.6 Å². The van der Waals surface area contributed by atoms with Crippen molar-refractivity contribution in [1.29, 1.82) is 0 Å². The second-order valence-corrected chi connectivity index (χ2v) is 7.89. The van der Waals surface area contributed by atoms with Crippen LogP contribution in [-0.4, -0.2) is 31.1 Å². The number of amides is 1. The van der Waals surface area contributed by atoms with Gasteiger partial charge in [0.05, 0.1) is 12.2 Å². The van der Waals surface area contributed by atoms with Gasteiger partial charge in [-0.1, -0.05) is 26.7 Å². The number of esters is 2. The molecule has 6 nitrogen and oxygen atoms in total. The largest absolute Gasteiger partial charge is 0.462 e. The Labute approximate surface area is 175 Å². The standard InChI is InChI=1S/C22H27NO5S/c1-4-6-12-27-21(25)16-8-10-18(11-9-16)23-20(24)14-28-22(26)19-13-17(7-5-2)15(3)29-19/h8-11,13H,4-7,12,14H2,1-3H3,(H,23,24). The molecule has 0 aliphatic rings. The van der Waals surface area contributed by atoms with Crippen LogP contribution < -0.4 is 5.32 Å². The van der Waals surface area contributed by atoms with Gasteiger partial charge in [-0.25, -0.2) is 9.59 Å². The van der Waals surface area contributed by atoms with Gasteiger partial charge in [0.1, 0.15) is 4.88 Å². The normalized spacial score (nSPS) is 10.4. The van der Waals surface area contributed by atoms with Gasteiger partial charge < -0.3 is 14.8 Å². The summed E-state index contributed by atoms with van der Waals surface area (Å²) in [6.07, 6.45) is 3.69. The van der Waals surface area contributed by atoms with Gasteiger partial charge in [0.15, 0.2) is 6.61 Å². The van der Waals surface area contributed by atoms with Crippen LogP contribution in [0.5, 0.6) is 0 Å². The lowest BCUT2D eigenvalue weighted by Crippen LogP contribution is -2.20. The van der Waals surface area contributed by atoms with E-state index in [1.165, 1.54) is 11.3 Å². The molecule has 0 bridgehead atoms. The zero-order chi connectivity index (χ0) is 21.2. The Morgan fingerprint density at radius 1 is 1.00 bits per heavy atom. The van der Waals surface area contributed by atoms with E-state index >= 15 is 0 Å². The van der Waals surface area contributed by atoms with Gasteiger partial charge in [0.25, 0.3) is 5.91 Å². The summed E-state index contributed by atoms with van der Waals surface area (Å²) >= 11 is 1.38. The van der Waals surface area contributed by atoms with Crippen LogP contribution in [-0.2, 0) is 20.7 Å². The summed E-state index contributed by atoms with van der Waals surface area (Å²) in [4.78, 5) is 37.7. The first kappa shape index (κ1) is 22.6. The predicted octanol–water partition coefficient (Wildman–Crippen LogP) is 4.76. The maximum atomic E-state index is 12.2. The minimum Gasteiger partial charge on any atom is -0.462 e. The summed E-state index contributed by atoms with van der Waals surface area (Å²) in [5.41, 5.74) is 2.07. The van der Waals surface area contributed by atoms with Crippen molar-refractivity contribution in [3.63, 3.8) is 0 Å². The highest BCUT2D eigenvalue weighted by atomic mass is 32.1. The Hall–Kier alpha value is -2.67. The van der Waals surface area contributed by atoms with E-state index in [1.807, 2.05) is 19.9 Å². The molecule has 0 aliphatic carbocycles. The first-order chi connectivity index (χ1) is 13.9. The Morgan fingerprint density at radius 2 is 1.72 bits per heavy atom. The fourth-order valence-corrected chi connectivity index (χ4v) is 3.58. The average molecular weight is 418 g/mol. The molecule has 1 amide bonds. The van der Waals surface area contributed by atoms with E-state index < -0.39 is 11.9 Å². The summed E-state index contributed by atoms with van der Waals surface area (Å²) in [6.45, 7) is 6.10. The van der Waals surface area contributed by atoms with Crippen LogP contribution in [0.1, 0.15) is 63.6 Å². The van der Waals surface area contributed by atoms with Crippen molar-refractivity contribution >= 4 is 34.9 Å². The van der Waals surface area contributed by atoms with Crippen molar-refractivity contribution in [2.75, 3.05) is 18.5 Å². The third-order valence-electron chi connectivity index (χ3n) is 4.21. The van der Waals surface area contributed by atoms with Crippen LogP contribution in [0.3, 0.4) is 0 Å². The third kappa shape index (κ3) is 7.02. The van der Waals surface area contributed by atoms with Gasteiger partial charge in [-0.2, -0.15) is 0 Å². The summed E-state index contributed by atoms with van der Waals surface area (Å²) in [5, 5.41) is 2.64. The number of ether oxygens (including phenoxy) is 2. The molecule has 0 fully saturated rings. The quantitative estimate of drug-likeness (QED) is 0.445. The molecular formula is C22H27NO5S. The summed E-state index contributed by atoms with van der Waals surface area (Å²) in [6, 6.07) is 8.22. The van der Waals surface area contributed by atoms with Gasteiger partial charge in [0.2, 0.25) is 0 Å². The maximum absolute atomic E-state index is 12.2. The molecule has 0 saturated carbocycles. The zero-order valence-electron chi connectivity index (χ0n) is 17.1. The monoisotopic (exact) mass is 417 g/mol. The average Bonchev–Trinajstić information content (AvgIpc) is 3.08. The third-order valence-corrected chi connectivity index (χ3v) is 5.28. The Kier molecular flexibility index (Phi) is 8.86. The summed E-state index contributed by atoms with van der Waals surface area (Å²) in [5.74, 6) is -1.33. The second kappa shape index (κ2) is 11.4. The molecule has 7 heteroatoms. The number of hydrogen-bond donors (Lipinski definition) is 1. The number of carbonyl (C=O) groups is 3. The number of rotatable bonds is 10. The fraction of sp³-hybridized carbons (Fsp3) is 0.409. The smallest absolute Gasteiger partial charge is 0.348 e. The predicted molar refractivity (Wildman–Crippen MR) is 114 cm³/mol. The summed E-state index contributed by atoms with van der Waals surface area (Å²) in [7, 11) is 0. The number of hydrogen-bond acceptors (Lipinski definition) is 6. The Bertz CT molecular complexity index is 841. The highest BCUT2D eigenvalue weighted by molar-refractivity contribution is 7.14. The fourth-order valence-electron chi connectivity index (χ4n) is 2.62. The molecule has 1 heterocycles. The van der Waals surface area contributed by atoms with Gasteiger partial charge in [-0.05, 0) is 55.7 Å². The SMILES string of the molecule is CCCCOC(=O)c1ccc(NC(=O)COC(=O)c2cc(CCC)c(C)s2)cc1. The number of carbonyl (C=O) groups excluding carboxylic acids is 3. The molecule has 156 valence electrons. The van der Waals surface area contributed by atoms with Gasteiger partial charge >= 0.3 is 11.9 Å². The molecule has 29 heavy (non-hydrogen) atoms. The van der Waals surface area contributed by atoms with Crippen LogP contribution in [0.25, 0.3) is 0 Å². The highest BCUT2D eigenvalue weighted by Gasteiger charge is 2.15. The second-order valence-electron chi connectivity index (χ2n) is 6.63. The molecule has 1 aromatic carbocycles. The van der Waals surface area contributed by atoms with E-state index in [1.54, 1.807) is 24.3 Å². The number of thiophene rings is 1. The zero-order valence-corrected chi connectivity index (χ0v) is 17.9. The molecule has 0 radical (unpaired) electrons. The lowest BCUT2D eigenvalue weighted by atomic mass is 10.1.